The van der Waals surface area contributed by atoms with Crippen molar-refractivity contribution in [2.45, 2.75) is 77.0 Å². The molecular weight excluding hydrogens is 638 g/mol. The van der Waals surface area contributed by atoms with Crippen LogP contribution in [0.4, 0.5) is 16.2 Å². The molecule has 2 aromatic carbocycles. The fourth-order valence-electron chi connectivity index (χ4n) is 5.63. The first-order valence-corrected chi connectivity index (χ1v) is 17.6. The van der Waals surface area contributed by atoms with Crippen molar-refractivity contribution in [2.24, 2.45) is 5.92 Å². The summed E-state index contributed by atoms with van der Waals surface area (Å²) in [4.78, 5) is 28.7. The van der Waals surface area contributed by atoms with Gasteiger partial charge in [0.1, 0.15) is 16.3 Å². The molecule has 262 valence electrons. The monoisotopic (exact) mass is 685 g/mol. The molecule has 0 unspecified atom stereocenters. The van der Waals surface area contributed by atoms with Crippen LogP contribution in [0.15, 0.2) is 57.9 Å². The minimum absolute atomic E-state index is 0.0177. The Kier molecular flexibility index (Phi) is 12.6. The minimum Gasteiger partial charge on any atom is -0.490 e. The van der Waals surface area contributed by atoms with Crippen molar-refractivity contribution in [3.8, 4) is 5.75 Å². The van der Waals surface area contributed by atoms with Gasteiger partial charge in [-0.3, -0.25) is 4.79 Å². The molecular formula is C34H47N5O8S. The molecule has 3 amide bonds. The molecule has 13 nitrogen and oxygen atoms in total. The Balaban J connectivity index is 1.64. The second-order valence-electron chi connectivity index (χ2n) is 12.4. The van der Waals surface area contributed by atoms with E-state index >= 15 is 0 Å². The molecule has 4 atom stereocenters. The van der Waals surface area contributed by atoms with Gasteiger partial charge in [0.05, 0.1) is 30.4 Å². The molecule has 4 rings (SSSR count). The fraction of sp³-hybridized carbons (Fsp3) is 0.500. The number of nitrogens with one attached hydrogen (secondary N) is 2. The number of carbonyl (C=O) groups is 2. The van der Waals surface area contributed by atoms with E-state index in [4.69, 9.17) is 14.0 Å². The van der Waals surface area contributed by atoms with E-state index in [1.54, 1.807) is 51.1 Å². The number of fused-ring (bicyclic) bond motifs is 1. The number of carbonyl (C=O) groups excluding carboxylic acids is 2. The minimum atomic E-state index is -3.95. The summed E-state index contributed by atoms with van der Waals surface area (Å²) in [5.41, 5.74) is 1.49. The zero-order valence-corrected chi connectivity index (χ0v) is 29.2. The molecule has 3 aromatic rings. The third-order valence-electron chi connectivity index (χ3n) is 8.41. The highest BCUT2D eigenvalue weighted by Crippen LogP contribution is 2.29. The number of ether oxygens (including phenoxy) is 2. The van der Waals surface area contributed by atoms with Crippen molar-refractivity contribution in [2.75, 3.05) is 44.0 Å². The first kappa shape index (κ1) is 36.8. The molecule has 2 heterocycles. The lowest BCUT2D eigenvalue weighted by molar-refractivity contribution is -0.00835. The number of benzene rings is 2. The van der Waals surface area contributed by atoms with E-state index in [1.165, 1.54) is 16.3 Å². The fourth-order valence-corrected chi connectivity index (χ4v) is 7.09. The molecule has 1 aromatic heterocycles. The van der Waals surface area contributed by atoms with E-state index in [1.807, 2.05) is 32.0 Å². The Labute approximate surface area is 282 Å². The highest BCUT2D eigenvalue weighted by atomic mass is 32.2. The quantitative estimate of drug-likeness (QED) is 0.294. The van der Waals surface area contributed by atoms with E-state index in [9.17, 15) is 23.1 Å². The summed E-state index contributed by atoms with van der Waals surface area (Å²) in [7, 11) is -2.46. The maximum Gasteiger partial charge on any atom is 0.323 e. The Morgan fingerprint density at radius 2 is 1.81 bits per heavy atom. The van der Waals surface area contributed by atoms with Gasteiger partial charge in [-0.1, -0.05) is 30.3 Å². The van der Waals surface area contributed by atoms with Gasteiger partial charge in [0.25, 0.3) is 5.91 Å². The number of aryl methyl sites for hydroxylation is 2. The molecule has 3 N–H and O–H groups in total. The molecule has 0 fully saturated rings. The molecule has 1 aliphatic rings. The maximum atomic E-state index is 14.3. The number of hydrogen-bond acceptors (Lipinski definition) is 9. The summed E-state index contributed by atoms with van der Waals surface area (Å²) < 4.78 is 46.0. The van der Waals surface area contributed by atoms with Gasteiger partial charge < -0.3 is 34.6 Å². The molecule has 0 bridgehead atoms. The van der Waals surface area contributed by atoms with Crippen molar-refractivity contribution < 1.29 is 37.1 Å². The Morgan fingerprint density at radius 3 is 2.48 bits per heavy atom. The van der Waals surface area contributed by atoms with Crippen LogP contribution in [0.25, 0.3) is 0 Å². The molecule has 14 heteroatoms. The van der Waals surface area contributed by atoms with Crippen LogP contribution in [0.3, 0.4) is 0 Å². The van der Waals surface area contributed by atoms with Crippen LogP contribution in [-0.2, 0) is 14.8 Å². The number of sulfonamides is 1. The molecule has 0 radical (unpaired) electrons. The Bertz CT molecular complexity index is 1630. The molecule has 0 aliphatic carbocycles. The Morgan fingerprint density at radius 1 is 1.10 bits per heavy atom. The smallest absolute Gasteiger partial charge is 0.323 e. The van der Waals surface area contributed by atoms with Gasteiger partial charge in [-0.05, 0) is 77.3 Å². The van der Waals surface area contributed by atoms with E-state index in [2.05, 4.69) is 15.8 Å². The van der Waals surface area contributed by atoms with Crippen LogP contribution in [0.2, 0.25) is 0 Å². The number of hydrogen-bond donors (Lipinski definition) is 3. The van der Waals surface area contributed by atoms with Crippen LogP contribution in [-0.4, -0.2) is 91.4 Å². The average Bonchev–Trinajstić information content (AvgIpc) is 3.40. The first-order chi connectivity index (χ1) is 22.8. The zero-order chi connectivity index (χ0) is 35.0. The van der Waals surface area contributed by atoms with Crippen molar-refractivity contribution in [3.63, 3.8) is 0 Å². The van der Waals surface area contributed by atoms with Gasteiger partial charge >= 0.3 is 6.03 Å². The lowest BCUT2D eigenvalue weighted by Gasteiger charge is -2.35. The van der Waals surface area contributed by atoms with Gasteiger partial charge in [-0.15, -0.1) is 0 Å². The molecule has 1 aliphatic heterocycles. The number of urea groups is 1. The SMILES string of the molecule is Cc1noc(C)c1S(=O)(=O)N(C)C[C@H]1OCCCC[C@@H](C)Oc2ccc(NC(=O)Nc3ccccc3)cc2C(=O)N([C@H](C)CO)C[C@@H]1C. The van der Waals surface area contributed by atoms with Crippen molar-refractivity contribution in [3.05, 3.63) is 65.5 Å². The zero-order valence-electron chi connectivity index (χ0n) is 28.4. The number of aliphatic hydroxyl groups excluding tert-OH is 1. The van der Waals surface area contributed by atoms with Gasteiger partial charge in [-0.25, -0.2) is 13.2 Å². The van der Waals surface area contributed by atoms with Crippen LogP contribution in [0.5, 0.6) is 5.75 Å². The number of rotatable bonds is 8. The van der Waals surface area contributed by atoms with E-state index in [0.717, 1.165) is 12.8 Å². The average molecular weight is 686 g/mol. The van der Waals surface area contributed by atoms with Gasteiger partial charge in [0.2, 0.25) is 10.0 Å². The largest absolute Gasteiger partial charge is 0.490 e. The molecule has 48 heavy (non-hydrogen) atoms. The van der Waals surface area contributed by atoms with Crippen molar-refractivity contribution >= 4 is 33.3 Å². The van der Waals surface area contributed by atoms with Gasteiger partial charge in [0, 0.05) is 44.0 Å². The summed E-state index contributed by atoms with van der Waals surface area (Å²) >= 11 is 0. The molecule has 0 saturated heterocycles. The summed E-state index contributed by atoms with van der Waals surface area (Å²) in [6.07, 6.45) is 1.38. The van der Waals surface area contributed by atoms with E-state index < -0.39 is 34.1 Å². The number of nitrogens with zero attached hydrogens (tertiary/aromatic N) is 3. The van der Waals surface area contributed by atoms with Crippen molar-refractivity contribution in [1.29, 1.82) is 0 Å². The standard InChI is InChI=1S/C34H47N5O8S/c1-22-19-39(23(2)21-40)33(41)29-18-28(36-34(42)35-27-13-8-7-9-14-27)15-16-30(29)46-24(3)12-10-11-17-45-31(22)20-38(6)48(43,44)32-25(4)37-47-26(32)5/h7-9,13-16,18,22-24,31,40H,10-12,17,19-21H2,1-6H3,(H2,35,36,42)/t22-,23+,24+,31+/m0/s1. The lowest BCUT2D eigenvalue weighted by Crippen LogP contribution is -2.48. The van der Waals surface area contributed by atoms with Crippen LogP contribution in [0.1, 0.15) is 61.8 Å². The summed E-state index contributed by atoms with van der Waals surface area (Å²) in [5, 5.41) is 19.6. The Hall–Kier alpha value is -3.98. The van der Waals surface area contributed by atoms with E-state index in [0.29, 0.717) is 30.2 Å². The second kappa shape index (κ2) is 16.4. The van der Waals surface area contributed by atoms with Gasteiger partial charge in [0.15, 0.2) is 5.76 Å². The number of amides is 3. The van der Waals surface area contributed by atoms with E-state index in [-0.39, 0.29) is 53.6 Å². The number of anilines is 2. The predicted molar refractivity (Wildman–Crippen MR) is 182 cm³/mol. The topological polar surface area (TPSA) is 164 Å². The third kappa shape index (κ3) is 9.13. The lowest BCUT2D eigenvalue weighted by atomic mass is 10.0. The highest BCUT2D eigenvalue weighted by Gasteiger charge is 2.34. The summed E-state index contributed by atoms with van der Waals surface area (Å²) in [5.74, 6) is -0.201. The second-order valence-corrected chi connectivity index (χ2v) is 14.4. The van der Waals surface area contributed by atoms with Crippen LogP contribution in [0, 0.1) is 19.8 Å². The van der Waals surface area contributed by atoms with Crippen molar-refractivity contribution in [1.82, 2.24) is 14.4 Å². The summed E-state index contributed by atoms with van der Waals surface area (Å²) in [6, 6.07) is 12.8. The number of para-hydroxylation sites is 1. The van der Waals surface area contributed by atoms with Gasteiger partial charge in [-0.2, -0.15) is 4.31 Å². The summed E-state index contributed by atoms with van der Waals surface area (Å²) in [6.45, 7) is 8.93. The maximum absolute atomic E-state index is 14.3. The normalized spacial score (nSPS) is 20.4. The first-order valence-electron chi connectivity index (χ1n) is 16.2. The number of aromatic nitrogens is 1. The number of likely N-dealkylation sites (N-methyl/N-ethyl adjacent to an activating group) is 1. The molecule has 0 spiro atoms. The predicted octanol–water partition coefficient (Wildman–Crippen LogP) is 5.05. The van der Waals surface area contributed by atoms with Crippen LogP contribution < -0.4 is 15.4 Å². The number of aliphatic hydroxyl groups is 1. The van der Waals surface area contributed by atoms with Crippen LogP contribution >= 0.6 is 0 Å². The molecule has 0 saturated carbocycles. The third-order valence-corrected chi connectivity index (χ3v) is 10.5. The highest BCUT2D eigenvalue weighted by molar-refractivity contribution is 7.89.